The number of hydrogen-bond donors (Lipinski definition) is 1. The summed E-state index contributed by atoms with van der Waals surface area (Å²) in [6.07, 6.45) is 4.58. The monoisotopic (exact) mass is 463 g/mol. The first-order valence-corrected chi connectivity index (χ1v) is 12.2. The van der Waals surface area contributed by atoms with E-state index in [-0.39, 0.29) is 17.2 Å². The van der Waals surface area contributed by atoms with Crippen LogP contribution in [-0.2, 0) is 21.1 Å². The standard InChI is InChI=1S/C22H17N5O3S2/c1-32(29,30)19-8-4-16(5-9-19)12-24-26-21(28)10-18-14-31-22-25-20(13-27(18)22)17-6-2-15(11-23)3-7-17/h2-9,12-14H,10H2,1H3,(H,26,28)/b24-12+. The van der Waals surface area contributed by atoms with Crippen LogP contribution in [0.5, 0.6) is 0 Å². The van der Waals surface area contributed by atoms with Crippen molar-refractivity contribution in [3.8, 4) is 17.3 Å². The summed E-state index contributed by atoms with van der Waals surface area (Å²) in [6.45, 7) is 0. The molecule has 0 spiro atoms. The van der Waals surface area contributed by atoms with Crippen molar-refractivity contribution >= 4 is 38.3 Å². The van der Waals surface area contributed by atoms with Gasteiger partial charge in [-0.3, -0.25) is 9.20 Å². The van der Waals surface area contributed by atoms with Gasteiger partial charge in [-0.25, -0.2) is 18.8 Å². The molecule has 0 aliphatic carbocycles. The Hall–Kier alpha value is -3.81. The molecule has 0 saturated carbocycles. The van der Waals surface area contributed by atoms with Gasteiger partial charge in [0, 0.05) is 29.1 Å². The third kappa shape index (κ3) is 4.74. The van der Waals surface area contributed by atoms with Crippen LogP contribution in [0.25, 0.3) is 16.2 Å². The maximum atomic E-state index is 12.3. The first-order chi connectivity index (χ1) is 15.3. The minimum atomic E-state index is -3.25. The molecule has 1 N–H and O–H groups in total. The van der Waals surface area contributed by atoms with E-state index in [1.54, 1.807) is 24.3 Å². The van der Waals surface area contributed by atoms with E-state index < -0.39 is 9.84 Å². The quantitative estimate of drug-likeness (QED) is 0.348. The Morgan fingerprint density at radius 3 is 2.59 bits per heavy atom. The van der Waals surface area contributed by atoms with Crippen molar-refractivity contribution in [2.45, 2.75) is 11.3 Å². The largest absolute Gasteiger partial charge is 0.294 e. The number of hydrogen-bond acceptors (Lipinski definition) is 7. The first-order valence-electron chi connectivity index (χ1n) is 9.41. The maximum absolute atomic E-state index is 12.3. The zero-order valence-corrected chi connectivity index (χ0v) is 18.5. The van der Waals surface area contributed by atoms with Crippen molar-refractivity contribution < 1.29 is 13.2 Å². The Kier molecular flexibility index (Phi) is 5.85. The van der Waals surface area contributed by atoms with Gasteiger partial charge in [-0.05, 0) is 29.8 Å². The van der Waals surface area contributed by atoms with Crippen LogP contribution in [0.4, 0.5) is 0 Å². The molecule has 2 aromatic carbocycles. The van der Waals surface area contributed by atoms with Crippen LogP contribution in [0.3, 0.4) is 0 Å². The molecule has 1 amide bonds. The smallest absolute Gasteiger partial charge is 0.246 e. The lowest BCUT2D eigenvalue weighted by molar-refractivity contribution is -0.120. The Morgan fingerprint density at radius 1 is 1.22 bits per heavy atom. The summed E-state index contributed by atoms with van der Waals surface area (Å²) in [6, 6.07) is 15.5. The predicted octanol–water partition coefficient (Wildman–Crippen LogP) is 3.03. The summed E-state index contributed by atoms with van der Waals surface area (Å²) >= 11 is 1.44. The number of carbonyl (C=O) groups is 1. The topological polar surface area (TPSA) is 117 Å². The zero-order valence-electron chi connectivity index (χ0n) is 16.9. The molecule has 4 aromatic rings. The lowest BCUT2D eigenvalue weighted by atomic mass is 10.1. The van der Waals surface area contributed by atoms with Gasteiger partial charge in [0.05, 0.1) is 34.9 Å². The fraction of sp³-hybridized carbons (Fsp3) is 0.0909. The number of fused-ring (bicyclic) bond motifs is 1. The van der Waals surface area contributed by atoms with Gasteiger partial charge in [0.1, 0.15) is 0 Å². The number of imidazole rings is 1. The second kappa shape index (κ2) is 8.74. The molecule has 0 radical (unpaired) electrons. The molecule has 0 aliphatic rings. The molecule has 2 aromatic heterocycles. The van der Waals surface area contributed by atoms with Gasteiger partial charge in [0.2, 0.25) is 5.91 Å². The van der Waals surface area contributed by atoms with E-state index in [1.807, 2.05) is 28.1 Å². The number of nitriles is 1. The van der Waals surface area contributed by atoms with E-state index in [2.05, 4.69) is 21.6 Å². The summed E-state index contributed by atoms with van der Waals surface area (Å²) in [5.41, 5.74) is 6.16. The summed E-state index contributed by atoms with van der Waals surface area (Å²) in [7, 11) is -3.25. The highest BCUT2D eigenvalue weighted by Gasteiger charge is 2.12. The van der Waals surface area contributed by atoms with Gasteiger partial charge in [0.25, 0.3) is 0 Å². The van der Waals surface area contributed by atoms with Gasteiger partial charge in [-0.1, -0.05) is 24.3 Å². The molecule has 10 heteroatoms. The first kappa shape index (κ1) is 21.4. The van der Waals surface area contributed by atoms with E-state index in [0.29, 0.717) is 11.1 Å². The molecule has 2 heterocycles. The van der Waals surface area contributed by atoms with E-state index in [9.17, 15) is 13.2 Å². The number of rotatable bonds is 6. The molecule has 0 aliphatic heterocycles. The van der Waals surface area contributed by atoms with Crippen LogP contribution < -0.4 is 5.43 Å². The van der Waals surface area contributed by atoms with Gasteiger partial charge in [-0.2, -0.15) is 10.4 Å². The van der Waals surface area contributed by atoms with Gasteiger partial charge < -0.3 is 0 Å². The lowest BCUT2D eigenvalue weighted by Gasteiger charge is -2.00. The molecule has 0 fully saturated rings. The molecule has 160 valence electrons. The van der Waals surface area contributed by atoms with Crippen LogP contribution in [0.2, 0.25) is 0 Å². The second-order valence-electron chi connectivity index (χ2n) is 7.01. The van der Waals surface area contributed by atoms with Crippen LogP contribution in [-0.4, -0.2) is 36.2 Å². The highest BCUT2D eigenvalue weighted by atomic mass is 32.2. The lowest BCUT2D eigenvalue weighted by Crippen LogP contribution is -2.20. The molecular weight excluding hydrogens is 446 g/mol. The van der Waals surface area contributed by atoms with Crippen molar-refractivity contribution in [1.29, 1.82) is 5.26 Å². The number of benzene rings is 2. The Balaban J connectivity index is 1.42. The summed E-state index contributed by atoms with van der Waals surface area (Å²) in [4.78, 5) is 17.9. The molecular formula is C22H17N5O3S2. The minimum Gasteiger partial charge on any atom is -0.294 e. The number of hydrazone groups is 1. The number of amides is 1. The molecule has 0 atom stereocenters. The van der Waals surface area contributed by atoms with E-state index in [1.165, 1.54) is 29.7 Å². The van der Waals surface area contributed by atoms with Gasteiger partial charge >= 0.3 is 0 Å². The van der Waals surface area contributed by atoms with Crippen molar-refractivity contribution in [3.63, 3.8) is 0 Å². The van der Waals surface area contributed by atoms with E-state index >= 15 is 0 Å². The maximum Gasteiger partial charge on any atom is 0.246 e. The second-order valence-corrected chi connectivity index (χ2v) is 9.86. The highest BCUT2D eigenvalue weighted by Crippen LogP contribution is 2.24. The Labute approximate surface area is 188 Å². The molecule has 4 rings (SSSR count). The summed E-state index contributed by atoms with van der Waals surface area (Å²) < 4.78 is 24.9. The van der Waals surface area contributed by atoms with Crippen LogP contribution in [0, 0.1) is 11.3 Å². The van der Waals surface area contributed by atoms with Crippen molar-refractivity contribution in [2.75, 3.05) is 6.26 Å². The normalized spacial score (nSPS) is 11.6. The predicted molar refractivity (Wildman–Crippen MR) is 122 cm³/mol. The van der Waals surface area contributed by atoms with E-state index in [0.717, 1.165) is 28.2 Å². The van der Waals surface area contributed by atoms with Crippen molar-refractivity contribution in [2.24, 2.45) is 5.10 Å². The average Bonchev–Trinajstić information content (AvgIpc) is 3.35. The zero-order chi connectivity index (χ0) is 22.7. The highest BCUT2D eigenvalue weighted by molar-refractivity contribution is 7.90. The SMILES string of the molecule is CS(=O)(=O)c1ccc(/C=N/NC(=O)Cc2csc3nc(-c4ccc(C#N)cc4)cn23)cc1. The molecule has 0 unspecified atom stereocenters. The van der Waals surface area contributed by atoms with Gasteiger partial charge in [0.15, 0.2) is 14.8 Å². The summed E-state index contributed by atoms with van der Waals surface area (Å²) in [5.74, 6) is -0.290. The van der Waals surface area contributed by atoms with Crippen LogP contribution in [0.1, 0.15) is 16.8 Å². The number of nitrogens with zero attached hydrogens (tertiary/aromatic N) is 4. The van der Waals surface area contributed by atoms with Crippen LogP contribution >= 0.6 is 11.3 Å². The third-order valence-corrected chi connectivity index (χ3v) is 6.66. The Morgan fingerprint density at radius 2 is 1.94 bits per heavy atom. The van der Waals surface area contributed by atoms with E-state index in [4.69, 9.17) is 5.26 Å². The summed E-state index contributed by atoms with van der Waals surface area (Å²) in [5, 5.41) is 14.7. The molecule has 32 heavy (non-hydrogen) atoms. The number of sulfone groups is 1. The fourth-order valence-electron chi connectivity index (χ4n) is 3.00. The van der Waals surface area contributed by atoms with Crippen LogP contribution in [0.15, 0.2) is 70.1 Å². The number of aromatic nitrogens is 2. The number of nitrogens with one attached hydrogen (secondary N) is 1. The number of thiazole rings is 1. The Bertz CT molecular complexity index is 1460. The molecule has 0 bridgehead atoms. The fourth-order valence-corrected chi connectivity index (χ4v) is 4.50. The van der Waals surface area contributed by atoms with Gasteiger partial charge in [-0.15, -0.1) is 11.3 Å². The molecule has 8 nitrogen and oxygen atoms in total. The van der Waals surface area contributed by atoms with Crippen molar-refractivity contribution in [3.05, 3.63) is 76.9 Å². The average molecular weight is 464 g/mol. The van der Waals surface area contributed by atoms with Crippen molar-refractivity contribution in [1.82, 2.24) is 14.8 Å². The third-order valence-electron chi connectivity index (χ3n) is 4.65. The molecule has 0 saturated heterocycles. The number of carbonyl (C=O) groups excluding carboxylic acids is 1. The minimum absolute atomic E-state index is 0.119.